The van der Waals surface area contributed by atoms with E-state index in [0.717, 1.165) is 0 Å². The van der Waals surface area contributed by atoms with E-state index in [-0.39, 0.29) is 12.4 Å². The first-order valence-electron chi connectivity index (χ1n) is 6.89. The van der Waals surface area contributed by atoms with Crippen molar-refractivity contribution < 1.29 is 0 Å². The Labute approximate surface area is 127 Å². The first kappa shape index (κ1) is 15.0. The largest absolute Gasteiger partial charge is 0.302 e. The van der Waals surface area contributed by atoms with Crippen LogP contribution in [0.3, 0.4) is 0 Å². The molecule has 0 bridgehead atoms. The van der Waals surface area contributed by atoms with Crippen LogP contribution < -0.4 is 0 Å². The predicted octanol–water partition coefficient (Wildman–Crippen LogP) is 3.52. The standard InChI is InChI=1S/C17H20N2.ClH/c1-19(2)17(15-8-5-9-18-12-15)16-10-13-6-3-4-7-14(13)11-16;/h3-9,12,16-17H,10-11H2,1-2H3;1H. The third kappa shape index (κ3) is 2.87. The van der Waals surface area contributed by atoms with Gasteiger partial charge in [0, 0.05) is 18.4 Å². The Kier molecular flexibility index (Phi) is 4.79. The smallest absolute Gasteiger partial charge is 0.0391 e. The van der Waals surface area contributed by atoms with Crippen molar-refractivity contribution in [2.45, 2.75) is 18.9 Å². The van der Waals surface area contributed by atoms with Gasteiger partial charge in [0.25, 0.3) is 0 Å². The fourth-order valence-electron chi connectivity index (χ4n) is 3.36. The molecule has 1 aliphatic carbocycles. The van der Waals surface area contributed by atoms with Crippen LogP contribution in [0.1, 0.15) is 22.7 Å². The molecule has 0 aliphatic heterocycles. The lowest BCUT2D eigenvalue weighted by Gasteiger charge is -2.30. The molecule has 0 fully saturated rings. The Morgan fingerprint density at radius 3 is 2.20 bits per heavy atom. The zero-order valence-electron chi connectivity index (χ0n) is 12.0. The average Bonchev–Trinajstić information content (AvgIpc) is 2.82. The summed E-state index contributed by atoms with van der Waals surface area (Å²) in [5.74, 6) is 0.650. The normalized spacial score (nSPS) is 15.8. The van der Waals surface area contributed by atoms with Crippen molar-refractivity contribution in [2.24, 2.45) is 5.92 Å². The average molecular weight is 289 g/mol. The maximum Gasteiger partial charge on any atom is 0.0391 e. The van der Waals surface area contributed by atoms with Gasteiger partial charge in [-0.05, 0) is 55.6 Å². The van der Waals surface area contributed by atoms with Gasteiger partial charge in [-0.1, -0.05) is 30.3 Å². The Bertz CT molecular complexity index is 529. The van der Waals surface area contributed by atoms with Crippen LogP contribution in [0.2, 0.25) is 0 Å². The van der Waals surface area contributed by atoms with Crippen molar-refractivity contribution in [3.8, 4) is 0 Å². The molecule has 0 radical (unpaired) electrons. The van der Waals surface area contributed by atoms with Crippen LogP contribution in [-0.2, 0) is 12.8 Å². The Hall–Kier alpha value is -1.38. The van der Waals surface area contributed by atoms with Gasteiger partial charge in [0.15, 0.2) is 0 Å². The zero-order valence-corrected chi connectivity index (χ0v) is 12.8. The fourth-order valence-corrected chi connectivity index (χ4v) is 3.36. The van der Waals surface area contributed by atoms with Crippen LogP contribution in [0.5, 0.6) is 0 Å². The third-order valence-corrected chi connectivity index (χ3v) is 4.11. The Morgan fingerprint density at radius 1 is 1.05 bits per heavy atom. The van der Waals surface area contributed by atoms with Crippen LogP contribution >= 0.6 is 12.4 Å². The number of hydrogen-bond acceptors (Lipinski definition) is 2. The van der Waals surface area contributed by atoms with E-state index in [0.29, 0.717) is 12.0 Å². The van der Waals surface area contributed by atoms with Gasteiger partial charge >= 0.3 is 0 Å². The molecule has 0 N–H and O–H groups in total. The van der Waals surface area contributed by atoms with E-state index < -0.39 is 0 Å². The van der Waals surface area contributed by atoms with E-state index >= 15 is 0 Å². The minimum Gasteiger partial charge on any atom is -0.302 e. The minimum absolute atomic E-state index is 0. The first-order valence-corrected chi connectivity index (χ1v) is 6.89. The summed E-state index contributed by atoms with van der Waals surface area (Å²) in [4.78, 5) is 6.61. The number of nitrogens with zero attached hydrogens (tertiary/aromatic N) is 2. The van der Waals surface area contributed by atoms with Gasteiger partial charge in [-0.25, -0.2) is 0 Å². The van der Waals surface area contributed by atoms with Crippen molar-refractivity contribution >= 4 is 12.4 Å². The van der Waals surface area contributed by atoms with E-state index in [4.69, 9.17) is 0 Å². The molecule has 2 nitrogen and oxygen atoms in total. The molecule has 2 aromatic rings. The molecule has 1 atom stereocenters. The fraction of sp³-hybridized carbons (Fsp3) is 0.353. The topological polar surface area (TPSA) is 16.1 Å². The van der Waals surface area contributed by atoms with E-state index in [2.05, 4.69) is 54.3 Å². The molecule has 3 rings (SSSR count). The van der Waals surface area contributed by atoms with Gasteiger partial charge in [0.2, 0.25) is 0 Å². The summed E-state index contributed by atoms with van der Waals surface area (Å²) in [7, 11) is 4.33. The summed E-state index contributed by atoms with van der Waals surface area (Å²) in [5, 5.41) is 0. The maximum absolute atomic E-state index is 4.28. The highest BCUT2D eigenvalue weighted by molar-refractivity contribution is 5.85. The molecule has 1 aromatic heterocycles. The lowest BCUT2D eigenvalue weighted by molar-refractivity contribution is 0.216. The molecule has 20 heavy (non-hydrogen) atoms. The first-order chi connectivity index (χ1) is 9.25. The lowest BCUT2D eigenvalue weighted by Crippen LogP contribution is -2.28. The minimum atomic E-state index is 0. The van der Waals surface area contributed by atoms with Gasteiger partial charge in [-0.2, -0.15) is 0 Å². The van der Waals surface area contributed by atoms with Gasteiger partial charge in [0.05, 0.1) is 0 Å². The Morgan fingerprint density at radius 2 is 1.70 bits per heavy atom. The molecule has 106 valence electrons. The molecule has 1 heterocycles. The van der Waals surface area contributed by atoms with Gasteiger partial charge in [0.1, 0.15) is 0 Å². The summed E-state index contributed by atoms with van der Waals surface area (Å²) in [6.07, 6.45) is 6.20. The van der Waals surface area contributed by atoms with Crippen LogP contribution in [-0.4, -0.2) is 24.0 Å². The lowest BCUT2D eigenvalue weighted by atomic mass is 9.90. The highest BCUT2D eigenvalue weighted by Crippen LogP contribution is 2.37. The SMILES string of the molecule is CN(C)C(c1cccnc1)C1Cc2ccccc2C1.Cl. The molecule has 1 aromatic carbocycles. The van der Waals surface area contributed by atoms with Crippen molar-refractivity contribution in [2.75, 3.05) is 14.1 Å². The molecule has 1 unspecified atom stereocenters. The van der Waals surface area contributed by atoms with Crippen LogP contribution in [0.15, 0.2) is 48.8 Å². The van der Waals surface area contributed by atoms with E-state index in [1.165, 1.54) is 29.5 Å². The quantitative estimate of drug-likeness (QED) is 0.859. The molecular formula is C17H21ClN2. The summed E-state index contributed by atoms with van der Waals surface area (Å²) >= 11 is 0. The number of benzene rings is 1. The number of fused-ring (bicyclic) bond motifs is 1. The highest BCUT2D eigenvalue weighted by atomic mass is 35.5. The zero-order chi connectivity index (χ0) is 13.2. The monoisotopic (exact) mass is 288 g/mol. The number of rotatable bonds is 3. The summed E-state index contributed by atoms with van der Waals surface area (Å²) < 4.78 is 0. The van der Waals surface area contributed by atoms with Crippen LogP contribution in [0, 0.1) is 5.92 Å². The van der Waals surface area contributed by atoms with Crippen LogP contribution in [0.25, 0.3) is 0 Å². The second kappa shape index (κ2) is 6.38. The van der Waals surface area contributed by atoms with Crippen LogP contribution in [0.4, 0.5) is 0 Å². The van der Waals surface area contributed by atoms with E-state index in [1.54, 1.807) is 0 Å². The molecular weight excluding hydrogens is 268 g/mol. The highest BCUT2D eigenvalue weighted by Gasteiger charge is 2.30. The number of halogens is 1. The number of aromatic nitrogens is 1. The number of pyridine rings is 1. The van der Waals surface area contributed by atoms with Gasteiger partial charge < -0.3 is 4.90 Å². The molecule has 3 heteroatoms. The predicted molar refractivity (Wildman–Crippen MR) is 85.3 cm³/mol. The second-order valence-electron chi connectivity index (χ2n) is 5.63. The van der Waals surface area contributed by atoms with Gasteiger partial charge in [-0.3, -0.25) is 4.98 Å². The summed E-state index contributed by atoms with van der Waals surface area (Å²) in [5.41, 5.74) is 4.36. The van der Waals surface area contributed by atoms with Crippen molar-refractivity contribution in [1.82, 2.24) is 9.88 Å². The van der Waals surface area contributed by atoms with Gasteiger partial charge in [-0.15, -0.1) is 12.4 Å². The molecule has 0 spiro atoms. The van der Waals surface area contributed by atoms with E-state index in [1.807, 2.05) is 18.5 Å². The number of hydrogen-bond donors (Lipinski definition) is 0. The maximum atomic E-state index is 4.28. The summed E-state index contributed by atoms with van der Waals surface area (Å²) in [6, 6.07) is 13.5. The summed E-state index contributed by atoms with van der Waals surface area (Å²) in [6.45, 7) is 0. The third-order valence-electron chi connectivity index (χ3n) is 4.11. The second-order valence-corrected chi connectivity index (χ2v) is 5.63. The van der Waals surface area contributed by atoms with Crippen molar-refractivity contribution in [3.05, 3.63) is 65.5 Å². The molecule has 0 saturated carbocycles. The molecule has 0 saturated heterocycles. The van der Waals surface area contributed by atoms with E-state index in [9.17, 15) is 0 Å². The molecule has 1 aliphatic rings. The Balaban J connectivity index is 0.00000147. The van der Waals surface area contributed by atoms with Crippen molar-refractivity contribution in [3.63, 3.8) is 0 Å². The molecule has 0 amide bonds. The van der Waals surface area contributed by atoms with Crippen molar-refractivity contribution in [1.29, 1.82) is 0 Å².